The molecule has 0 fully saturated rings. The van der Waals surface area contributed by atoms with Crippen LogP contribution in [0.5, 0.6) is 0 Å². The third-order valence-corrected chi connectivity index (χ3v) is 5.07. The van der Waals surface area contributed by atoms with Crippen molar-refractivity contribution in [3.63, 3.8) is 0 Å². The summed E-state index contributed by atoms with van der Waals surface area (Å²) in [7, 11) is 0. The molecule has 3 heteroatoms. The van der Waals surface area contributed by atoms with Crippen molar-refractivity contribution in [1.29, 1.82) is 0 Å². The molecule has 0 aromatic carbocycles. The van der Waals surface area contributed by atoms with Gasteiger partial charge in [0.15, 0.2) is 0 Å². The van der Waals surface area contributed by atoms with E-state index < -0.39 is 0 Å². The van der Waals surface area contributed by atoms with Gasteiger partial charge in [-0.2, -0.15) is 25.3 Å². The lowest BCUT2D eigenvalue weighted by Crippen LogP contribution is -2.25. The van der Waals surface area contributed by atoms with Crippen molar-refractivity contribution >= 4 is 25.3 Å². The molecule has 0 aliphatic rings. The second-order valence-electron chi connectivity index (χ2n) is 6.53. The monoisotopic (exact) mass is 333 g/mol. The van der Waals surface area contributed by atoms with Crippen LogP contribution in [0.1, 0.15) is 103 Å². The van der Waals surface area contributed by atoms with Gasteiger partial charge in [0.2, 0.25) is 0 Å². The van der Waals surface area contributed by atoms with E-state index >= 15 is 0 Å². The molecule has 2 N–H and O–H groups in total. The van der Waals surface area contributed by atoms with Crippen LogP contribution in [0, 0.1) is 0 Å². The second kappa shape index (κ2) is 15.6. The summed E-state index contributed by atoms with van der Waals surface area (Å²) in [6.45, 7) is 2.84. The van der Waals surface area contributed by atoms with Crippen LogP contribution in [0.15, 0.2) is 0 Å². The zero-order chi connectivity index (χ0) is 15.8. The average molecular weight is 334 g/mol. The third kappa shape index (κ3) is 16.9. The standard InChI is InChI=1S/C18H39NS2/c1-2-3-4-5-6-7-8-9-10-11-12-13-14-15-16-18(20,21)17-19/h20-21H,2-17,19H2,1H3. The summed E-state index contributed by atoms with van der Waals surface area (Å²) < 4.78 is -0.253. The van der Waals surface area contributed by atoms with E-state index in [9.17, 15) is 0 Å². The predicted octanol–water partition coefficient (Wildman–Crippen LogP) is 6.37. The molecule has 1 nitrogen and oxygen atoms in total. The van der Waals surface area contributed by atoms with Gasteiger partial charge >= 0.3 is 0 Å². The highest BCUT2D eigenvalue weighted by Crippen LogP contribution is 2.25. The topological polar surface area (TPSA) is 26.0 Å². The van der Waals surface area contributed by atoms with Crippen molar-refractivity contribution in [3.05, 3.63) is 0 Å². The van der Waals surface area contributed by atoms with Gasteiger partial charge in [0.1, 0.15) is 0 Å². The van der Waals surface area contributed by atoms with Crippen LogP contribution in [0.4, 0.5) is 0 Å². The Balaban J connectivity index is 3.06. The quantitative estimate of drug-likeness (QED) is 0.171. The fraction of sp³-hybridized carbons (Fsp3) is 1.00. The first kappa shape index (κ1) is 21.7. The molecule has 0 bridgehead atoms. The van der Waals surface area contributed by atoms with Crippen molar-refractivity contribution in [1.82, 2.24) is 0 Å². The van der Waals surface area contributed by atoms with Gasteiger partial charge in [-0.25, -0.2) is 0 Å². The summed E-state index contributed by atoms with van der Waals surface area (Å²) in [6.07, 6.45) is 20.6. The normalized spacial score (nSPS) is 12.0. The fourth-order valence-electron chi connectivity index (χ4n) is 2.70. The molecule has 0 amide bonds. The zero-order valence-corrected chi connectivity index (χ0v) is 16.1. The Morgan fingerprint density at radius 2 is 0.952 bits per heavy atom. The lowest BCUT2D eigenvalue weighted by Gasteiger charge is -2.19. The maximum atomic E-state index is 5.61. The summed E-state index contributed by atoms with van der Waals surface area (Å²) in [6, 6.07) is 0. The lowest BCUT2D eigenvalue weighted by molar-refractivity contribution is 0.529. The van der Waals surface area contributed by atoms with Gasteiger partial charge in [-0.15, -0.1) is 0 Å². The van der Waals surface area contributed by atoms with Crippen molar-refractivity contribution in [2.45, 2.75) is 107 Å². The van der Waals surface area contributed by atoms with E-state index in [1.807, 2.05) is 0 Å². The maximum absolute atomic E-state index is 5.61. The summed E-state index contributed by atoms with van der Waals surface area (Å²) in [4.78, 5) is 0. The highest BCUT2D eigenvalue weighted by molar-refractivity contribution is 8.00. The van der Waals surface area contributed by atoms with E-state index in [1.54, 1.807) is 0 Å². The molecule has 0 spiro atoms. The Bertz CT molecular complexity index is 207. The number of nitrogens with two attached hydrogens (primary N) is 1. The second-order valence-corrected chi connectivity index (χ2v) is 8.60. The largest absolute Gasteiger partial charge is 0.328 e. The minimum absolute atomic E-state index is 0.253. The average Bonchev–Trinajstić information content (AvgIpc) is 2.47. The first-order chi connectivity index (χ1) is 10.1. The molecule has 0 aromatic heterocycles. The minimum Gasteiger partial charge on any atom is -0.328 e. The van der Waals surface area contributed by atoms with Crippen molar-refractivity contribution < 1.29 is 0 Å². The minimum atomic E-state index is -0.253. The van der Waals surface area contributed by atoms with Crippen molar-refractivity contribution in [3.8, 4) is 0 Å². The van der Waals surface area contributed by atoms with Gasteiger partial charge in [-0.3, -0.25) is 0 Å². The summed E-state index contributed by atoms with van der Waals surface area (Å²) in [5.74, 6) is 0. The molecular weight excluding hydrogens is 294 g/mol. The molecular formula is C18H39NS2. The molecule has 0 atom stereocenters. The molecule has 128 valence electrons. The Labute approximate surface area is 145 Å². The van der Waals surface area contributed by atoms with Crippen LogP contribution < -0.4 is 5.73 Å². The Morgan fingerprint density at radius 1 is 0.619 bits per heavy atom. The van der Waals surface area contributed by atoms with Gasteiger partial charge in [-0.05, 0) is 6.42 Å². The number of hydrogen-bond acceptors (Lipinski definition) is 3. The number of thiol groups is 2. The summed E-state index contributed by atoms with van der Waals surface area (Å²) >= 11 is 8.89. The Hall–Kier alpha value is 0.660. The van der Waals surface area contributed by atoms with Gasteiger partial charge in [0, 0.05) is 6.54 Å². The van der Waals surface area contributed by atoms with E-state index in [0.717, 1.165) is 6.42 Å². The summed E-state index contributed by atoms with van der Waals surface area (Å²) in [5, 5.41) is 0. The van der Waals surface area contributed by atoms with Crippen LogP contribution in [0.25, 0.3) is 0 Å². The highest BCUT2D eigenvalue weighted by Gasteiger charge is 2.16. The number of rotatable bonds is 16. The zero-order valence-electron chi connectivity index (χ0n) is 14.3. The van der Waals surface area contributed by atoms with Gasteiger partial charge in [-0.1, -0.05) is 96.8 Å². The SMILES string of the molecule is CCCCCCCCCCCCCCCCC(S)(S)CN. The molecule has 0 saturated heterocycles. The molecule has 0 radical (unpaired) electrons. The Kier molecular flexibility index (Phi) is 16.0. The first-order valence-corrected chi connectivity index (χ1v) is 10.2. The first-order valence-electron chi connectivity index (χ1n) is 9.27. The van der Waals surface area contributed by atoms with Gasteiger partial charge in [0.25, 0.3) is 0 Å². The molecule has 0 aliphatic carbocycles. The predicted molar refractivity (Wildman–Crippen MR) is 105 cm³/mol. The van der Waals surface area contributed by atoms with E-state index in [1.165, 1.54) is 89.9 Å². The summed E-state index contributed by atoms with van der Waals surface area (Å²) in [5.41, 5.74) is 5.61. The molecule has 0 aliphatic heterocycles. The smallest absolute Gasteiger partial charge is 0.0673 e. The third-order valence-electron chi connectivity index (χ3n) is 4.26. The maximum Gasteiger partial charge on any atom is 0.0673 e. The van der Waals surface area contributed by atoms with Crippen LogP contribution in [-0.4, -0.2) is 10.6 Å². The highest BCUT2D eigenvalue weighted by atomic mass is 32.2. The van der Waals surface area contributed by atoms with Crippen LogP contribution in [0.3, 0.4) is 0 Å². The lowest BCUT2D eigenvalue weighted by atomic mass is 10.0. The molecule has 21 heavy (non-hydrogen) atoms. The van der Waals surface area contributed by atoms with Crippen molar-refractivity contribution in [2.24, 2.45) is 5.73 Å². The van der Waals surface area contributed by atoms with Crippen LogP contribution in [-0.2, 0) is 0 Å². The van der Waals surface area contributed by atoms with E-state index in [-0.39, 0.29) is 4.08 Å². The molecule has 0 rings (SSSR count). The molecule has 0 unspecified atom stereocenters. The fourth-order valence-corrected chi connectivity index (χ4v) is 3.02. The van der Waals surface area contributed by atoms with E-state index in [4.69, 9.17) is 5.73 Å². The van der Waals surface area contributed by atoms with Gasteiger partial charge in [0.05, 0.1) is 4.08 Å². The Morgan fingerprint density at radius 3 is 1.29 bits per heavy atom. The van der Waals surface area contributed by atoms with Crippen molar-refractivity contribution in [2.75, 3.05) is 6.54 Å². The number of unbranched alkanes of at least 4 members (excludes halogenated alkanes) is 13. The van der Waals surface area contributed by atoms with E-state index in [2.05, 4.69) is 32.2 Å². The number of hydrogen-bond donors (Lipinski definition) is 3. The van der Waals surface area contributed by atoms with Gasteiger partial charge < -0.3 is 5.73 Å². The molecule has 0 heterocycles. The molecule has 0 saturated carbocycles. The van der Waals surface area contributed by atoms with Crippen LogP contribution >= 0.6 is 25.3 Å². The van der Waals surface area contributed by atoms with Crippen LogP contribution in [0.2, 0.25) is 0 Å². The van der Waals surface area contributed by atoms with E-state index in [0.29, 0.717) is 6.54 Å². The molecule has 0 aromatic rings.